The number of aromatic nitrogens is 3. The van der Waals surface area contributed by atoms with Crippen molar-refractivity contribution in [3.05, 3.63) is 17.8 Å². The maximum atomic E-state index is 12.2. The molecule has 26 heavy (non-hydrogen) atoms. The lowest BCUT2D eigenvalue weighted by molar-refractivity contribution is -0.0149. The van der Waals surface area contributed by atoms with Gasteiger partial charge < -0.3 is 14.2 Å². The lowest BCUT2D eigenvalue weighted by atomic mass is 9.96. The lowest BCUT2D eigenvalue weighted by Crippen LogP contribution is -2.33. The van der Waals surface area contributed by atoms with Gasteiger partial charge in [-0.05, 0) is 45.1 Å². The highest BCUT2D eigenvalue weighted by atomic mass is 16.5. The number of hydrogen-bond donors (Lipinski definition) is 0. The predicted molar refractivity (Wildman–Crippen MR) is 93.3 cm³/mol. The van der Waals surface area contributed by atoms with Crippen LogP contribution in [-0.2, 0) is 15.0 Å². The summed E-state index contributed by atoms with van der Waals surface area (Å²) in [6, 6.07) is 1.78. The van der Waals surface area contributed by atoms with Crippen molar-refractivity contribution < 1.29 is 19.0 Å². The number of fused-ring (bicyclic) bond motifs is 3. The molecule has 2 bridgehead atoms. The van der Waals surface area contributed by atoms with Crippen LogP contribution in [0.15, 0.2) is 12.3 Å². The average molecular weight is 357 g/mol. The van der Waals surface area contributed by atoms with E-state index in [2.05, 4.69) is 11.9 Å². The molecular weight excluding hydrogens is 334 g/mol. The number of esters is 1. The van der Waals surface area contributed by atoms with Gasteiger partial charge >= 0.3 is 5.97 Å². The van der Waals surface area contributed by atoms with Gasteiger partial charge in [-0.25, -0.2) is 4.79 Å². The van der Waals surface area contributed by atoms with Gasteiger partial charge in [-0.15, -0.1) is 0 Å². The number of pyridine rings is 1. The fourth-order valence-corrected chi connectivity index (χ4v) is 4.36. The minimum atomic E-state index is -0.433. The molecule has 1 aliphatic heterocycles. The minimum absolute atomic E-state index is 0.0404. The third-order valence-electron chi connectivity index (χ3n) is 6.19. The summed E-state index contributed by atoms with van der Waals surface area (Å²) in [5.74, 6) is -0.104. The largest absolute Gasteiger partial charge is 0.474 e. The smallest absolute Gasteiger partial charge is 0.343 e. The Kier molecular flexibility index (Phi) is 3.35. The number of carbonyl (C=O) groups excluding carboxylic acids is 1. The highest BCUT2D eigenvalue weighted by molar-refractivity contribution is 5.95. The molecule has 2 saturated carbocycles. The van der Waals surface area contributed by atoms with Gasteiger partial charge in [-0.1, -0.05) is 0 Å². The van der Waals surface area contributed by atoms with Gasteiger partial charge in [0, 0.05) is 18.0 Å². The van der Waals surface area contributed by atoms with Gasteiger partial charge in [0.2, 0.25) is 5.88 Å². The second-order valence-corrected chi connectivity index (χ2v) is 8.13. The predicted octanol–water partition coefficient (Wildman–Crippen LogP) is 2.82. The van der Waals surface area contributed by atoms with Crippen molar-refractivity contribution in [2.24, 2.45) is 0 Å². The van der Waals surface area contributed by atoms with Crippen LogP contribution in [-0.4, -0.2) is 46.2 Å². The monoisotopic (exact) mass is 357 g/mol. The zero-order valence-corrected chi connectivity index (χ0v) is 15.2. The molecule has 0 radical (unpaired) electrons. The summed E-state index contributed by atoms with van der Waals surface area (Å²) >= 11 is 0. The Morgan fingerprint density at radius 1 is 1.38 bits per heavy atom. The number of carbonyl (C=O) groups is 1. The average Bonchev–Trinajstić information content (AvgIpc) is 3.26. The van der Waals surface area contributed by atoms with Gasteiger partial charge in [-0.2, -0.15) is 10.1 Å². The normalized spacial score (nSPS) is 30.5. The number of hydrogen-bond acceptors (Lipinski definition) is 6. The van der Waals surface area contributed by atoms with Crippen molar-refractivity contribution >= 4 is 17.0 Å². The van der Waals surface area contributed by atoms with Crippen molar-refractivity contribution in [3.8, 4) is 5.88 Å². The SMILES string of the molecule is COC(=O)c1cc2cn(C34CCC(C)(C3)OC4)nc2nc1OC1CCC1. The van der Waals surface area contributed by atoms with Gasteiger partial charge in [0.05, 0.1) is 24.9 Å². The maximum absolute atomic E-state index is 12.2. The molecule has 7 nitrogen and oxygen atoms in total. The first-order valence-corrected chi connectivity index (χ1v) is 9.30. The Morgan fingerprint density at radius 2 is 2.23 bits per heavy atom. The molecule has 2 unspecified atom stereocenters. The molecule has 2 aromatic rings. The Labute approximate surface area is 151 Å². The topological polar surface area (TPSA) is 75.5 Å². The third-order valence-corrected chi connectivity index (χ3v) is 6.19. The van der Waals surface area contributed by atoms with E-state index in [-0.39, 0.29) is 17.2 Å². The van der Waals surface area contributed by atoms with E-state index >= 15 is 0 Å². The minimum Gasteiger partial charge on any atom is -0.474 e. The van der Waals surface area contributed by atoms with Crippen LogP contribution in [0, 0.1) is 0 Å². The van der Waals surface area contributed by atoms with E-state index in [0.29, 0.717) is 23.7 Å². The highest BCUT2D eigenvalue weighted by Crippen LogP contribution is 2.51. The quantitative estimate of drug-likeness (QED) is 0.783. The molecular formula is C19H23N3O4. The fourth-order valence-electron chi connectivity index (χ4n) is 4.36. The van der Waals surface area contributed by atoms with Crippen LogP contribution < -0.4 is 4.74 Å². The van der Waals surface area contributed by atoms with Crippen molar-refractivity contribution in [2.45, 2.75) is 62.7 Å². The van der Waals surface area contributed by atoms with Crippen LogP contribution in [0.5, 0.6) is 5.88 Å². The second kappa shape index (κ2) is 5.42. The summed E-state index contributed by atoms with van der Waals surface area (Å²) in [7, 11) is 1.37. The summed E-state index contributed by atoms with van der Waals surface area (Å²) in [6.07, 6.45) is 8.29. The van der Waals surface area contributed by atoms with Crippen LogP contribution in [0.1, 0.15) is 55.8 Å². The van der Waals surface area contributed by atoms with E-state index in [0.717, 1.165) is 43.9 Å². The molecule has 0 spiro atoms. The van der Waals surface area contributed by atoms with Gasteiger partial charge in [0.25, 0.3) is 0 Å². The van der Waals surface area contributed by atoms with Crippen LogP contribution in [0.4, 0.5) is 0 Å². The molecule has 7 heteroatoms. The van der Waals surface area contributed by atoms with Gasteiger partial charge in [0.1, 0.15) is 11.7 Å². The zero-order chi connectivity index (χ0) is 17.9. The van der Waals surface area contributed by atoms with Crippen molar-refractivity contribution in [2.75, 3.05) is 13.7 Å². The standard InChI is InChI=1S/C19H23N3O4/c1-18-6-7-19(10-18,11-25-18)22-9-12-8-14(17(23)24-2)16(20-15(12)21-22)26-13-4-3-5-13/h8-9,13H,3-7,10-11H2,1-2H3. The number of ether oxygens (including phenoxy) is 3. The fraction of sp³-hybridized carbons (Fsp3) is 0.632. The molecule has 138 valence electrons. The molecule has 3 fully saturated rings. The summed E-state index contributed by atoms with van der Waals surface area (Å²) < 4.78 is 18.8. The van der Waals surface area contributed by atoms with Crippen molar-refractivity contribution in [3.63, 3.8) is 0 Å². The molecule has 2 atom stereocenters. The first-order chi connectivity index (χ1) is 12.5. The highest BCUT2D eigenvalue weighted by Gasteiger charge is 2.55. The van der Waals surface area contributed by atoms with Crippen molar-refractivity contribution in [1.82, 2.24) is 14.8 Å². The number of rotatable bonds is 4. The third kappa shape index (κ3) is 2.33. The Bertz CT molecular complexity index is 878. The van der Waals surface area contributed by atoms with E-state index in [4.69, 9.17) is 19.3 Å². The van der Waals surface area contributed by atoms with E-state index in [1.54, 1.807) is 6.07 Å². The van der Waals surface area contributed by atoms with Crippen LogP contribution in [0.25, 0.3) is 11.0 Å². The Morgan fingerprint density at radius 3 is 2.81 bits per heavy atom. The van der Waals surface area contributed by atoms with Crippen LogP contribution >= 0.6 is 0 Å². The molecule has 3 heterocycles. The molecule has 5 rings (SSSR count). The first kappa shape index (κ1) is 16.1. The Hall–Kier alpha value is -2.15. The first-order valence-electron chi connectivity index (χ1n) is 9.30. The van der Waals surface area contributed by atoms with E-state index in [9.17, 15) is 4.79 Å². The molecule has 0 N–H and O–H groups in total. The van der Waals surface area contributed by atoms with Crippen molar-refractivity contribution in [1.29, 1.82) is 0 Å². The maximum Gasteiger partial charge on any atom is 0.343 e. The van der Waals surface area contributed by atoms with Crippen LogP contribution in [0.2, 0.25) is 0 Å². The second-order valence-electron chi connectivity index (χ2n) is 8.13. The zero-order valence-electron chi connectivity index (χ0n) is 15.2. The molecule has 0 amide bonds. The van der Waals surface area contributed by atoms with Gasteiger partial charge in [0.15, 0.2) is 5.65 Å². The van der Waals surface area contributed by atoms with E-state index in [1.165, 1.54) is 7.11 Å². The lowest BCUT2D eigenvalue weighted by Gasteiger charge is -2.26. The van der Waals surface area contributed by atoms with E-state index < -0.39 is 5.97 Å². The van der Waals surface area contributed by atoms with Gasteiger partial charge in [-0.3, -0.25) is 4.68 Å². The number of methoxy groups -OCH3 is 1. The summed E-state index contributed by atoms with van der Waals surface area (Å²) in [5, 5.41) is 5.55. The molecule has 3 aliphatic rings. The molecule has 2 aliphatic carbocycles. The number of nitrogens with zero attached hydrogens (tertiary/aromatic N) is 3. The molecule has 1 saturated heterocycles. The van der Waals surface area contributed by atoms with Crippen LogP contribution in [0.3, 0.4) is 0 Å². The summed E-state index contributed by atoms with van der Waals surface area (Å²) in [6.45, 7) is 2.84. The Balaban J connectivity index is 1.56. The molecule has 2 aromatic heterocycles. The molecule has 0 aromatic carbocycles. The van der Waals surface area contributed by atoms with E-state index in [1.807, 2.05) is 10.9 Å². The summed E-state index contributed by atoms with van der Waals surface area (Å²) in [4.78, 5) is 16.8. The summed E-state index contributed by atoms with van der Waals surface area (Å²) in [5.41, 5.74) is 0.821.